The fourth-order valence-corrected chi connectivity index (χ4v) is 3.98. The largest absolute Gasteiger partial charge is 0.497 e. The van der Waals surface area contributed by atoms with Crippen molar-refractivity contribution in [3.63, 3.8) is 0 Å². The van der Waals surface area contributed by atoms with Crippen LogP contribution in [0.3, 0.4) is 0 Å². The first-order valence-corrected chi connectivity index (χ1v) is 10.8. The second-order valence-corrected chi connectivity index (χ2v) is 8.34. The van der Waals surface area contributed by atoms with Gasteiger partial charge in [-0.25, -0.2) is 0 Å². The van der Waals surface area contributed by atoms with Crippen molar-refractivity contribution in [2.45, 2.75) is 32.2 Å². The Hall–Kier alpha value is -3.22. The third-order valence-electron chi connectivity index (χ3n) is 5.92. The number of nitrogens with one attached hydrogen (secondary N) is 1. The van der Waals surface area contributed by atoms with Gasteiger partial charge in [0.25, 0.3) is 5.91 Å². The number of nitrogens with zero attached hydrogens (tertiary/aromatic N) is 1. The molecule has 7 heteroatoms. The van der Waals surface area contributed by atoms with Gasteiger partial charge in [-0.15, -0.1) is 0 Å². The molecule has 1 saturated heterocycles. The third-order valence-corrected chi connectivity index (χ3v) is 5.92. The number of carbonyl (C=O) groups excluding carboxylic acids is 2. The number of likely N-dealkylation sites (tertiary alicyclic amines) is 1. The first-order valence-electron chi connectivity index (χ1n) is 10.8. The molecule has 0 spiro atoms. The number of ether oxygens (including phenoxy) is 3. The Labute approximate surface area is 189 Å². The Morgan fingerprint density at radius 1 is 0.938 bits per heavy atom. The maximum atomic E-state index is 13.3. The Kier molecular flexibility index (Phi) is 7.62. The topological polar surface area (TPSA) is 77.1 Å². The zero-order valence-corrected chi connectivity index (χ0v) is 19.4. The number of amides is 2. The van der Waals surface area contributed by atoms with Crippen LogP contribution >= 0.6 is 0 Å². The van der Waals surface area contributed by atoms with Gasteiger partial charge in [-0.3, -0.25) is 9.59 Å². The van der Waals surface area contributed by atoms with E-state index in [1.165, 1.54) is 19.8 Å². The molecule has 1 fully saturated rings. The molecule has 3 rings (SSSR count). The van der Waals surface area contributed by atoms with Crippen LogP contribution in [0, 0.1) is 5.92 Å². The van der Waals surface area contributed by atoms with E-state index in [0.717, 1.165) is 12.2 Å². The van der Waals surface area contributed by atoms with Crippen LogP contribution in [-0.2, 0) is 4.79 Å². The molecular formula is C25H32N2O5. The number of methoxy groups -OCH3 is 3. The van der Waals surface area contributed by atoms with Gasteiger partial charge in [-0.05, 0) is 42.2 Å². The Morgan fingerprint density at radius 2 is 1.53 bits per heavy atom. The minimum atomic E-state index is -0.616. The van der Waals surface area contributed by atoms with Crippen LogP contribution in [0.2, 0.25) is 0 Å². The van der Waals surface area contributed by atoms with E-state index in [4.69, 9.17) is 14.2 Å². The van der Waals surface area contributed by atoms with Gasteiger partial charge in [0, 0.05) is 30.6 Å². The molecule has 1 heterocycles. The summed E-state index contributed by atoms with van der Waals surface area (Å²) in [5.41, 5.74) is 1.58. The van der Waals surface area contributed by atoms with Gasteiger partial charge in [-0.1, -0.05) is 26.0 Å². The highest BCUT2D eigenvalue weighted by Crippen LogP contribution is 2.29. The normalized spacial score (nSPS) is 16.6. The van der Waals surface area contributed by atoms with E-state index in [1.54, 1.807) is 25.3 Å². The average molecular weight is 441 g/mol. The summed E-state index contributed by atoms with van der Waals surface area (Å²) < 4.78 is 15.7. The lowest BCUT2D eigenvalue weighted by atomic mass is 9.98. The molecule has 2 unspecified atom stereocenters. The van der Waals surface area contributed by atoms with Crippen LogP contribution in [0.25, 0.3) is 0 Å². The predicted octanol–water partition coefficient (Wildman–Crippen LogP) is 3.48. The molecule has 2 aromatic rings. The van der Waals surface area contributed by atoms with E-state index in [9.17, 15) is 9.59 Å². The molecule has 172 valence electrons. The highest BCUT2D eigenvalue weighted by molar-refractivity contribution is 5.98. The van der Waals surface area contributed by atoms with E-state index in [-0.39, 0.29) is 23.7 Å². The summed E-state index contributed by atoms with van der Waals surface area (Å²) in [5, 5.41) is 2.92. The van der Waals surface area contributed by atoms with Crippen LogP contribution < -0.4 is 19.5 Å². The fraction of sp³-hybridized carbons (Fsp3) is 0.440. The summed E-state index contributed by atoms with van der Waals surface area (Å²) in [7, 11) is 4.71. The minimum Gasteiger partial charge on any atom is -0.497 e. The summed E-state index contributed by atoms with van der Waals surface area (Å²) >= 11 is 0. The summed E-state index contributed by atoms with van der Waals surface area (Å²) in [4.78, 5) is 28.1. The second kappa shape index (κ2) is 10.4. The first kappa shape index (κ1) is 23.4. The van der Waals surface area contributed by atoms with Crippen molar-refractivity contribution in [1.29, 1.82) is 0 Å². The van der Waals surface area contributed by atoms with Crippen LogP contribution in [-0.4, -0.2) is 57.2 Å². The maximum Gasteiger partial charge on any atom is 0.252 e. The standard InChI is InChI=1S/C25H32N2O5/c1-16(2)23(26-24(28)19-12-21(31-4)14-22(13-19)32-5)25(29)27-11-10-18(15-27)17-6-8-20(30-3)9-7-17/h6-9,12-14,16,18,23H,10-11,15H2,1-5H3,(H,26,28). The third kappa shape index (κ3) is 5.33. The zero-order chi connectivity index (χ0) is 23.3. The number of hydrogen-bond acceptors (Lipinski definition) is 5. The molecule has 1 N–H and O–H groups in total. The maximum absolute atomic E-state index is 13.3. The molecule has 1 aliphatic heterocycles. The summed E-state index contributed by atoms with van der Waals surface area (Å²) in [6.07, 6.45) is 0.893. The summed E-state index contributed by atoms with van der Waals surface area (Å²) in [6, 6.07) is 12.3. The monoisotopic (exact) mass is 440 g/mol. The molecule has 32 heavy (non-hydrogen) atoms. The molecule has 0 aliphatic carbocycles. The lowest BCUT2D eigenvalue weighted by molar-refractivity contribution is -0.133. The smallest absolute Gasteiger partial charge is 0.252 e. The van der Waals surface area contributed by atoms with Crippen LogP contribution in [0.4, 0.5) is 0 Å². The van der Waals surface area contributed by atoms with Crippen LogP contribution in [0.15, 0.2) is 42.5 Å². The molecule has 1 aliphatic rings. The van der Waals surface area contributed by atoms with E-state index < -0.39 is 6.04 Å². The lowest BCUT2D eigenvalue weighted by Gasteiger charge is -2.27. The molecule has 0 radical (unpaired) electrons. The summed E-state index contributed by atoms with van der Waals surface area (Å²) in [5.74, 6) is 1.68. The van der Waals surface area contributed by atoms with Gasteiger partial charge in [0.15, 0.2) is 0 Å². The van der Waals surface area contributed by atoms with Gasteiger partial charge >= 0.3 is 0 Å². The fourth-order valence-electron chi connectivity index (χ4n) is 3.98. The molecule has 2 atom stereocenters. The molecule has 2 amide bonds. The highest BCUT2D eigenvalue weighted by atomic mass is 16.5. The van der Waals surface area contributed by atoms with Crippen LogP contribution in [0.5, 0.6) is 17.2 Å². The van der Waals surface area contributed by atoms with Gasteiger partial charge in [0.2, 0.25) is 5.91 Å². The lowest BCUT2D eigenvalue weighted by Crippen LogP contribution is -2.50. The summed E-state index contributed by atoms with van der Waals surface area (Å²) in [6.45, 7) is 5.18. The molecule has 0 bridgehead atoms. The first-order chi connectivity index (χ1) is 15.4. The van der Waals surface area contributed by atoms with E-state index in [2.05, 4.69) is 17.4 Å². The van der Waals surface area contributed by atoms with Gasteiger partial charge < -0.3 is 24.4 Å². The molecular weight excluding hydrogens is 408 g/mol. The predicted molar refractivity (Wildman–Crippen MR) is 123 cm³/mol. The quantitative estimate of drug-likeness (QED) is 0.680. The number of hydrogen-bond donors (Lipinski definition) is 1. The van der Waals surface area contributed by atoms with Crippen molar-refractivity contribution in [3.8, 4) is 17.2 Å². The molecule has 0 saturated carbocycles. The van der Waals surface area contributed by atoms with Crippen molar-refractivity contribution >= 4 is 11.8 Å². The Morgan fingerprint density at radius 3 is 2.06 bits per heavy atom. The van der Waals surface area contributed by atoms with Gasteiger partial charge in [-0.2, -0.15) is 0 Å². The second-order valence-electron chi connectivity index (χ2n) is 8.34. The van der Waals surface area contributed by atoms with Crippen molar-refractivity contribution in [1.82, 2.24) is 10.2 Å². The minimum absolute atomic E-state index is 0.0563. The number of carbonyl (C=O) groups is 2. The molecule has 0 aromatic heterocycles. The Bertz CT molecular complexity index is 920. The van der Waals surface area contributed by atoms with E-state index in [1.807, 2.05) is 30.9 Å². The Balaban J connectivity index is 1.70. The number of rotatable bonds is 8. The van der Waals surface area contributed by atoms with Crippen molar-refractivity contribution in [3.05, 3.63) is 53.6 Å². The number of benzene rings is 2. The van der Waals surface area contributed by atoms with Gasteiger partial charge in [0.1, 0.15) is 23.3 Å². The SMILES string of the molecule is COc1ccc(C2CCN(C(=O)C(NC(=O)c3cc(OC)cc(OC)c3)C(C)C)C2)cc1. The molecule has 7 nitrogen and oxygen atoms in total. The van der Waals surface area contributed by atoms with E-state index in [0.29, 0.717) is 30.2 Å². The van der Waals surface area contributed by atoms with Crippen molar-refractivity contribution in [2.75, 3.05) is 34.4 Å². The zero-order valence-electron chi connectivity index (χ0n) is 19.4. The van der Waals surface area contributed by atoms with Crippen molar-refractivity contribution < 1.29 is 23.8 Å². The molecule has 2 aromatic carbocycles. The average Bonchev–Trinajstić information content (AvgIpc) is 3.31. The van der Waals surface area contributed by atoms with Gasteiger partial charge in [0.05, 0.1) is 21.3 Å². The van der Waals surface area contributed by atoms with Crippen LogP contribution in [0.1, 0.15) is 42.1 Å². The van der Waals surface area contributed by atoms with Crippen molar-refractivity contribution in [2.24, 2.45) is 5.92 Å². The van der Waals surface area contributed by atoms with E-state index >= 15 is 0 Å². The highest BCUT2D eigenvalue weighted by Gasteiger charge is 2.34.